The summed E-state index contributed by atoms with van der Waals surface area (Å²) in [5, 5.41) is 8.08. The Hall–Kier alpha value is -3.06. The number of halogens is 1. The van der Waals surface area contributed by atoms with Crippen molar-refractivity contribution in [3.05, 3.63) is 75.5 Å². The third-order valence-corrected chi connectivity index (χ3v) is 7.45. The van der Waals surface area contributed by atoms with Crippen molar-refractivity contribution in [3.8, 4) is 0 Å². The number of nitrogens with zero attached hydrogens (tertiary/aromatic N) is 3. The molecule has 1 amide bonds. The number of rotatable bonds is 4. The van der Waals surface area contributed by atoms with Crippen LogP contribution < -0.4 is 5.56 Å². The smallest absolute Gasteiger partial charge is 0.272 e. The van der Waals surface area contributed by atoms with Crippen LogP contribution in [-0.2, 0) is 6.42 Å². The van der Waals surface area contributed by atoms with Crippen molar-refractivity contribution in [2.45, 2.75) is 31.7 Å². The first kappa shape index (κ1) is 21.8. The van der Waals surface area contributed by atoms with Gasteiger partial charge < -0.3 is 9.80 Å². The van der Waals surface area contributed by atoms with E-state index in [0.717, 1.165) is 30.2 Å². The first-order chi connectivity index (χ1) is 15.9. The van der Waals surface area contributed by atoms with E-state index in [0.29, 0.717) is 48.5 Å². The van der Waals surface area contributed by atoms with E-state index in [-0.39, 0.29) is 17.0 Å². The highest BCUT2D eigenvalue weighted by atomic mass is 19.1. The SMILES string of the molecule is CN(C)C1CCC2CN(C(=O)c3cc(Cc4n[nH]c(=O)c5ccccc45)ccc3F)CC2C1. The van der Waals surface area contributed by atoms with Gasteiger partial charge >= 0.3 is 0 Å². The fraction of sp³-hybridized carbons (Fsp3) is 0.423. The minimum absolute atomic E-state index is 0.115. The van der Waals surface area contributed by atoms with Crippen molar-refractivity contribution in [2.75, 3.05) is 27.2 Å². The quantitative estimate of drug-likeness (QED) is 0.664. The van der Waals surface area contributed by atoms with Crippen molar-refractivity contribution in [1.29, 1.82) is 0 Å². The Morgan fingerprint density at radius 2 is 1.88 bits per heavy atom. The molecule has 1 N–H and O–H groups in total. The van der Waals surface area contributed by atoms with Crippen LogP contribution in [0.3, 0.4) is 0 Å². The van der Waals surface area contributed by atoms with E-state index in [1.54, 1.807) is 18.2 Å². The standard InChI is InChI=1S/C26H29FN4O2/c1-30(2)19-9-8-17-14-31(15-18(17)13-19)26(33)22-11-16(7-10-23(22)27)12-24-20-5-3-4-6-21(20)25(32)29-28-24/h3-7,10-11,17-19H,8-9,12-15H2,1-2H3,(H,29,32). The van der Waals surface area contributed by atoms with Crippen LogP contribution in [0.2, 0.25) is 0 Å². The Labute approximate surface area is 192 Å². The molecule has 7 heteroatoms. The molecule has 3 unspecified atom stereocenters. The molecule has 1 aliphatic carbocycles. The van der Waals surface area contributed by atoms with Gasteiger partial charge in [-0.3, -0.25) is 9.59 Å². The fourth-order valence-electron chi connectivity index (χ4n) is 5.56. The van der Waals surface area contributed by atoms with Gasteiger partial charge in [-0.2, -0.15) is 5.10 Å². The van der Waals surface area contributed by atoms with Crippen molar-refractivity contribution in [3.63, 3.8) is 0 Å². The number of carbonyl (C=O) groups is 1. The summed E-state index contributed by atoms with van der Waals surface area (Å²) < 4.78 is 14.7. The van der Waals surface area contributed by atoms with E-state index in [2.05, 4.69) is 29.2 Å². The number of likely N-dealkylation sites (tertiary alicyclic amines) is 1. The molecule has 33 heavy (non-hydrogen) atoms. The Kier molecular flexibility index (Phi) is 5.74. The molecule has 1 aromatic heterocycles. The second kappa shape index (κ2) is 8.71. The van der Waals surface area contributed by atoms with Crippen molar-refractivity contribution < 1.29 is 9.18 Å². The molecule has 0 bridgehead atoms. The summed E-state index contributed by atoms with van der Waals surface area (Å²) in [5.41, 5.74) is 1.35. The average molecular weight is 449 g/mol. The number of hydrogen-bond donors (Lipinski definition) is 1. The van der Waals surface area contributed by atoms with Gasteiger partial charge in [0.05, 0.1) is 16.6 Å². The number of H-pyrrole nitrogens is 1. The van der Waals surface area contributed by atoms with Gasteiger partial charge in [0.1, 0.15) is 5.82 Å². The minimum atomic E-state index is -0.496. The van der Waals surface area contributed by atoms with Gasteiger partial charge in [-0.1, -0.05) is 24.3 Å². The molecule has 3 atom stereocenters. The van der Waals surface area contributed by atoms with E-state index >= 15 is 0 Å². The van der Waals surface area contributed by atoms with Crippen LogP contribution in [0.1, 0.15) is 40.9 Å². The predicted octanol–water partition coefficient (Wildman–Crippen LogP) is 3.46. The summed E-state index contributed by atoms with van der Waals surface area (Å²) in [6.07, 6.45) is 3.76. The average Bonchev–Trinajstić information content (AvgIpc) is 3.25. The number of hydrogen-bond acceptors (Lipinski definition) is 4. The number of amides is 1. The fourth-order valence-corrected chi connectivity index (χ4v) is 5.56. The summed E-state index contributed by atoms with van der Waals surface area (Å²) in [6.45, 7) is 1.41. The molecule has 1 aliphatic heterocycles. The Morgan fingerprint density at radius 1 is 1.12 bits per heavy atom. The predicted molar refractivity (Wildman–Crippen MR) is 126 cm³/mol. The zero-order valence-corrected chi connectivity index (χ0v) is 19.1. The highest BCUT2D eigenvalue weighted by Crippen LogP contribution is 2.38. The van der Waals surface area contributed by atoms with Crippen LogP contribution in [0.15, 0.2) is 47.3 Å². The van der Waals surface area contributed by atoms with Crippen molar-refractivity contribution in [1.82, 2.24) is 20.0 Å². The molecule has 2 fully saturated rings. The van der Waals surface area contributed by atoms with Gasteiger partial charge in [-0.25, -0.2) is 9.49 Å². The summed E-state index contributed by atoms with van der Waals surface area (Å²) in [4.78, 5) is 29.5. The molecular weight excluding hydrogens is 419 g/mol. The van der Waals surface area contributed by atoms with Crippen LogP contribution in [0.4, 0.5) is 4.39 Å². The number of aromatic nitrogens is 2. The third kappa shape index (κ3) is 4.17. The van der Waals surface area contributed by atoms with Crippen LogP contribution in [0.5, 0.6) is 0 Å². The summed E-state index contributed by atoms with van der Waals surface area (Å²) in [6, 6.07) is 12.5. The Morgan fingerprint density at radius 3 is 2.67 bits per heavy atom. The summed E-state index contributed by atoms with van der Waals surface area (Å²) in [7, 11) is 4.23. The van der Waals surface area contributed by atoms with Gasteiger partial charge in [-0.15, -0.1) is 0 Å². The number of carbonyl (C=O) groups excluding carboxylic acids is 1. The Bertz CT molecular complexity index is 1250. The Balaban J connectivity index is 1.37. The normalized spacial score (nSPS) is 22.7. The van der Waals surface area contributed by atoms with E-state index in [9.17, 15) is 14.0 Å². The first-order valence-corrected chi connectivity index (χ1v) is 11.6. The van der Waals surface area contributed by atoms with Gasteiger partial charge in [0.2, 0.25) is 0 Å². The highest BCUT2D eigenvalue weighted by Gasteiger charge is 2.40. The zero-order chi connectivity index (χ0) is 23.1. The third-order valence-electron chi connectivity index (χ3n) is 7.45. The van der Waals surface area contributed by atoms with Crippen LogP contribution in [-0.4, -0.2) is 59.1 Å². The zero-order valence-electron chi connectivity index (χ0n) is 19.1. The van der Waals surface area contributed by atoms with Crippen LogP contribution in [0.25, 0.3) is 10.8 Å². The molecule has 2 aromatic carbocycles. The molecule has 2 aliphatic rings. The maximum atomic E-state index is 14.7. The number of fused-ring (bicyclic) bond motifs is 2. The lowest BCUT2D eigenvalue weighted by Crippen LogP contribution is -2.36. The van der Waals surface area contributed by atoms with Gasteiger partial charge in [-0.05, 0) is 69.0 Å². The molecule has 1 saturated heterocycles. The highest BCUT2D eigenvalue weighted by molar-refractivity contribution is 5.95. The maximum Gasteiger partial charge on any atom is 0.272 e. The van der Waals surface area contributed by atoms with Gasteiger partial charge in [0.25, 0.3) is 11.5 Å². The van der Waals surface area contributed by atoms with Gasteiger partial charge in [0, 0.05) is 30.9 Å². The van der Waals surface area contributed by atoms with Gasteiger partial charge in [0.15, 0.2) is 0 Å². The monoisotopic (exact) mass is 448 g/mol. The molecule has 0 spiro atoms. The summed E-state index contributed by atoms with van der Waals surface area (Å²) >= 11 is 0. The lowest BCUT2D eigenvalue weighted by Gasteiger charge is -2.34. The van der Waals surface area contributed by atoms with Crippen molar-refractivity contribution in [2.24, 2.45) is 11.8 Å². The topological polar surface area (TPSA) is 69.3 Å². The second-order valence-electron chi connectivity index (χ2n) is 9.70. The second-order valence-corrected chi connectivity index (χ2v) is 9.70. The van der Waals surface area contributed by atoms with E-state index in [1.165, 1.54) is 6.07 Å². The summed E-state index contributed by atoms with van der Waals surface area (Å²) in [5.74, 6) is 0.264. The molecule has 0 radical (unpaired) electrons. The molecule has 3 aromatic rings. The molecule has 1 saturated carbocycles. The largest absolute Gasteiger partial charge is 0.338 e. The molecule has 172 valence electrons. The van der Waals surface area contributed by atoms with E-state index < -0.39 is 5.82 Å². The van der Waals surface area contributed by atoms with E-state index in [1.807, 2.05) is 23.1 Å². The van der Waals surface area contributed by atoms with E-state index in [4.69, 9.17) is 0 Å². The molecule has 5 rings (SSSR count). The molecule has 6 nitrogen and oxygen atoms in total. The first-order valence-electron chi connectivity index (χ1n) is 11.6. The number of nitrogens with one attached hydrogen (secondary N) is 1. The van der Waals surface area contributed by atoms with Crippen LogP contribution in [0, 0.1) is 17.7 Å². The minimum Gasteiger partial charge on any atom is -0.338 e. The lowest BCUT2D eigenvalue weighted by atomic mass is 9.79. The maximum absolute atomic E-state index is 14.7. The van der Waals surface area contributed by atoms with Crippen molar-refractivity contribution >= 4 is 16.7 Å². The molecule has 2 heterocycles. The van der Waals surface area contributed by atoms with Crippen LogP contribution >= 0.6 is 0 Å². The molecular formula is C26H29FN4O2. The number of benzene rings is 2. The lowest BCUT2D eigenvalue weighted by molar-refractivity contribution is 0.0779. The number of aromatic amines is 1.